The summed E-state index contributed by atoms with van der Waals surface area (Å²) in [6.45, 7) is 7.55. The molecule has 1 amide bonds. The number of carbonyl (C=O) groups is 1. The molecule has 0 aliphatic carbocycles. The first-order valence-electron chi connectivity index (χ1n) is 4.77. The van der Waals surface area contributed by atoms with Crippen LogP contribution in [-0.2, 0) is 4.79 Å². The van der Waals surface area contributed by atoms with Gasteiger partial charge in [-0.3, -0.25) is 4.79 Å². The molecule has 1 rings (SSSR count). The predicted molar refractivity (Wildman–Crippen MR) is 49.8 cm³/mol. The van der Waals surface area contributed by atoms with Crippen molar-refractivity contribution in [3.8, 4) is 0 Å². The summed E-state index contributed by atoms with van der Waals surface area (Å²) < 4.78 is 0. The van der Waals surface area contributed by atoms with E-state index in [9.17, 15) is 4.79 Å². The van der Waals surface area contributed by atoms with E-state index < -0.39 is 0 Å². The Labute approximate surface area is 74.7 Å². The zero-order valence-corrected chi connectivity index (χ0v) is 8.31. The van der Waals surface area contributed by atoms with E-state index in [0.717, 1.165) is 25.8 Å². The number of hydrogen-bond donors (Lipinski definition) is 1. The molecule has 0 saturated carbocycles. The molecule has 1 aliphatic heterocycles. The van der Waals surface area contributed by atoms with Gasteiger partial charge in [0.1, 0.15) is 0 Å². The van der Waals surface area contributed by atoms with Crippen LogP contribution in [0.2, 0.25) is 0 Å². The van der Waals surface area contributed by atoms with E-state index in [1.54, 1.807) is 0 Å². The monoisotopic (exact) mass is 169 g/mol. The molecule has 1 heterocycles. The second kappa shape index (κ2) is 3.46. The molecular formula is C10H19NO. The van der Waals surface area contributed by atoms with Gasteiger partial charge in [-0.25, -0.2) is 0 Å². The van der Waals surface area contributed by atoms with Gasteiger partial charge < -0.3 is 5.32 Å². The second-order valence-electron chi connectivity index (χ2n) is 4.88. The Kier molecular flexibility index (Phi) is 2.76. The molecule has 1 unspecified atom stereocenters. The smallest absolute Gasteiger partial charge is 0.223 e. The summed E-state index contributed by atoms with van der Waals surface area (Å²) in [6.07, 6.45) is 3.23. The van der Waals surface area contributed by atoms with Crippen LogP contribution in [-0.4, -0.2) is 12.5 Å². The quantitative estimate of drug-likeness (QED) is 0.672. The maximum absolute atomic E-state index is 11.2. The molecule has 1 aliphatic rings. The van der Waals surface area contributed by atoms with Crippen LogP contribution in [0.3, 0.4) is 0 Å². The van der Waals surface area contributed by atoms with Gasteiger partial charge in [-0.1, -0.05) is 20.8 Å². The van der Waals surface area contributed by atoms with Crippen LogP contribution in [0.15, 0.2) is 0 Å². The molecule has 12 heavy (non-hydrogen) atoms. The molecule has 1 fully saturated rings. The van der Waals surface area contributed by atoms with E-state index >= 15 is 0 Å². The molecular weight excluding hydrogens is 150 g/mol. The highest BCUT2D eigenvalue weighted by molar-refractivity contribution is 5.80. The number of nitrogens with one attached hydrogen (secondary N) is 1. The lowest BCUT2D eigenvalue weighted by Crippen LogP contribution is -2.20. The van der Waals surface area contributed by atoms with E-state index in [1.807, 2.05) is 0 Å². The van der Waals surface area contributed by atoms with E-state index in [1.165, 1.54) is 0 Å². The molecule has 0 aromatic heterocycles. The average molecular weight is 169 g/mol. The molecule has 2 heteroatoms. The summed E-state index contributed by atoms with van der Waals surface area (Å²) in [5.41, 5.74) is 0.364. The van der Waals surface area contributed by atoms with Gasteiger partial charge in [0, 0.05) is 12.5 Å². The molecule has 1 N–H and O–H groups in total. The molecule has 1 atom stereocenters. The van der Waals surface area contributed by atoms with Crippen LogP contribution < -0.4 is 5.32 Å². The second-order valence-corrected chi connectivity index (χ2v) is 4.88. The van der Waals surface area contributed by atoms with Gasteiger partial charge in [0.05, 0.1) is 0 Å². The van der Waals surface area contributed by atoms with Gasteiger partial charge in [0.15, 0.2) is 0 Å². The molecule has 2 nitrogen and oxygen atoms in total. The average Bonchev–Trinajstić information content (AvgIpc) is 2.29. The van der Waals surface area contributed by atoms with Crippen molar-refractivity contribution in [1.82, 2.24) is 5.32 Å². The molecule has 0 aromatic carbocycles. The summed E-state index contributed by atoms with van der Waals surface area (Å²) in [6, 6.07) is 0. The summed E-state index contributed by atoms with van der Waals surface area (Å²) in [7, 11) is 0. The molecule has 0 aromatic rings. The Morgan fingerprint density at radius 3 is 2.58 bits per heavy atom. The van der Waals surface area contributed by atoms with Crippen LogP contribution in [0.1, 0.15) is 40.0 Å². The molecule has 70 valence electrons. The van der Waals surface area contributed by atoms with Crippen LogP contribution in [0.5, 0.6) is 0 Å². The first-order valence-corrected chi connectivity index (χ1v) is 4.77. The highest BCUT2D eigenvalue weighted by atomic mass is 16.2. The van der Waals surface area contributed by atoms with Gasteiger partial charge in [0.2, 0.25) is 5.91 Å². The largest absolute Gasteiger partial charge is 0.356 e. The SMILES string of the molecule is CC(C)(C)CCC1CCNC1=O. The fourth-order valence-electron chi connectivity index (χ4n) is 1.53. The summed E-state index contributed by atoms with van der Waals surface area (Å²) >= 11 is 0. The minimum absolute atomic E-state index is 0.263. The van der Waals surface area contributed by atoms with Crippen molar-refractivity contribution in [2.45, 2.75) is 40.0 Å². The van der Waals surface area contributed by atoms with Crippen molar-refractivity contribution in [1.29, 1.82) is 0 Å². The third kappa shape index (κ3) is 2.84. The summed E-state index contributed by atoms with van der Waals surface area (Å²) in [5, 5.41) is 2.87. The van der Waals surface area contributed by atoms with Crippen LogP contribution in [0, 0.1) is 11.3 Å². The van der Waals surface area contributed by atoms with Crippen molar-refractivity contribution in [3.05, 3.63) is 0 Å². The van der Waals surface area contributed by atoms with Gasteiger partial charge >= 0.3 is 0 Å². The Morgan fingerprint density at radius 1 is 1.50 bits per heavy atom. The summed E-state index contributed by atoms with van der Waals surface area (Å²) in [4.78, 5) is 11.2. The lowest BCUT2D eigenvalue weighted by atomic mass is 9.86. The molecule has 0 spiro atoms. The van der Waals surface area contributed by atoms with Crippen molar-refractivity contribution in [2.24, 2.45) is 11.3 Å². The van der Waals surface area contributed by atoms with Gasteiger partial charge in [-0.2, -0.15) is 0 Å². The first-order chi connectivity index (χ1) is 5.49. The first kappa shape index (κ1) is 9.56. The Morgan fingerprint density at radius 2 is 2.17 bits per heavy atom. The zero-order chi connectivity index (χ0) is 9.19. The molecule has 0 radical (unpaired) electrons. The lowest BCUT2D eigenvalue weighted by Gasteiger charge is -2.19. The zero-order valence-electron chi connectivity index (χ0n) is 8.31. The normalized spacial score (nSPS) is 24.2. The van der Waals surface area contributed by atoms with Crippen molar-refractivity contribution in [2.75, 3.05) is 6.54 Å². The Hall–Kier alpha value is -0.530. The van der Waals surface area contributed by atoms with Crippen molar-refractivity contribution >= 4 is 5.91 Å². The Balaban J connectivity index is 2.27. The fraction of sp³-hybridized carbons (Fsp3) is 0.900. The highest BCUT2D eigenvalue weighted by Crippen LogP contribution is 2.26. The van der Waals surface area contributed by atoms with Gasteiger partial charge in [0.25, 0.3) is 0 Å². The third-order valence-corrected chi connectivity index (χ3v) is 2.41. The number of hydrogen-bond acceptors (Lipinski definition) is 1. The third-order valence-electron chi connectivity index (χ3n) is 2.41. The number of amides is 1. The van der Waals surface area contributed by atoms with Gasteiger partial charge in [-0.05, 0) is 24.7 Å². The molecule has 0 bridgehead atoms. The van der Waals surface area contributed by atoms with Crippen molar-refractivity contribution < 1.29 is 4.79 Å². The van der Waals surface area contributed by atoms with Crippen molar-refractivity contribution in [3.63, 3.8) is 0 Å². The maximum atomic E-state index is 11.2. The van der Waals surface area contributed by atoms with E-state index in [0.29, 0.717) is 11.3 Å². The minimum atomic E-state index is 0.263. The number of rotatable bonds is 2. The van der Waals surface area contributed by atoms with E-state index in [2.05, 4.69) is 26.1 Å². The van der Waals surface area contributed by atoms with Gasteiger partial charge in [-0.15, -0.1) is 0 Å². The minimum Gasteiger partial charge on any atom is -0.356 e. The molecule has 1 saturated heterocycles. The van der Waals surface area contributed by atoms with Crippen LogP contribution in [0.25, 0.3) is 0 Å². The van der Waals surface area contributed by atoms with Crippen LogP contribution >= 0.6 is 0 Å². The summed E-state index contributed by atoms with van der Waals surface area (Å²) in [5.74, 6) is 0.559. The topological polar surface area (TPSA) is 29.1 Å². The highest BCUT2D eigenvalue weighted by Gasteiger charge is 2.25. The lowest BCUT2D eigenvalue weighted by molar-refractivity contribution is -0.122. The van der Waals surface area contributed by atoms with Crippen LogP contribution in [0.4, 0.5) is 0 Å². The van der Waals surface area contributed by atoms with E-state index in [-0.39, 0.29) is 5.91 Å². The Bertz CT molecular complexity index is 169. The van der Waals surface area contributed by atoms with E-state index in [4.69, 9.17) is 0 Å². The maximum Gasteiger partial charge on any atom is 0.223 e. The fourth-order valence-corrected chi connectivity index (χ4v) is 1.53. The standard InChI is InChI=1S/C10H19NO/c1-10(2,3)6-4-8-5-7-11-9(8)12/h8H,4-7H2,1-3H3,(H,11,12). The number of carbonyl (C=O) groups excluding carboxylic acids is 1. The predicted octanol–water partition coefficient (Wildman–Crippen LogP) is 1.95.